The average molecular weight is 885 g/mol. The topological polar surface area (TPSA) is 43.6 Å². The molecule has 0 aliphatic rings. The lowest BCUT2D eigenvalue weighted by Gasteiger charge is -2.16. The Morgan fingerprint density at radius 1 is 0.309 bits per heavy atom. The molecule has 4 nitrogen and oxygen atoms in total. The van der Waals surface area contributed by atoms with E-state index < -0.39 is 0 Å². The summed E-state index contributed by atoms with van der Waals surface area (Å²) in [6.07, 6.45) is 0. The van der Waals surface area contributed by atoms with Gasteiger partial charge >= 0.3 is 0 Å². The van der Waals surface area contributed by atoms with Gasteiger partial charge < -0.3 is 4.57 Å². The van der Waals surface area contributed by atoms with Crippen molar-refractivity contribution in [3.63, 3.8) is 0 Å². The highest BCUT2D eigenvalue weighted by atomic mass is 32.1. The van der Waals surface area contributed by atoms with Gasteiger partial charge in [-0.1, -0.05) is 194 Å². The van der Waals surface area contributed by atoms with Crippen molar-refractivity contribution in [2.45, 2.75) is 0 Å². The van der Waals surface area contributed by atoms with Gasteiger partial charge in [0.25, 0.3) is 0 Å². The standard InChI is InChI=1S/C63H40N4S/c1-6-19-41(20-7-1)46-37-47(42-21-8-2-9-22-42)39-48(38-46)45-33-34-50(55(40-45)63-65-61(43-23-10-3-11-24-43)64-62(66-63)44-25-12-4-13-26-44)53-30-18-31-54-58-57(68-60(53)54)36-35-52-51-29-16-17-32-56(51)67(59(52)58)49-27-14-5-15-28-49/h1-40H. The fourth-order valence-electron chi connectivity index (χ4n) is 9.86. The van der Waals surface area contributed by atoms with Crippen molar-refractivity contribution in [3.8, 4) is 84.4 Å². The summed E-state index contributed by atoms with van der Waals surface area (Å²) in [6.45, 7) is 0. The van der Waals surface area contributed by atoms with Crippen LogP contribution in [0.3, 0.4) is 0 Å². The molecule has 13 aromatic rings. The minimum Gasteiger partial charge on any atom is -0.309 e. The van der Waals surface area contributed by atoms with Crippen molar-refractivity contribution in [1.29, 1.82) is 0 Å². The summed E-state index contributed by atoms with van der Waals surface area (Å²) >= 11 is 1.85. The van der Waals surface area contributed by atoms with Crippen LogP contribution in [0.5, 0.6) is 0 Å². The smallest absolute Gasteiger partial charge is 0.164 e. The van der Waals surface area contributed by atoms with Crippen LogP contribution in [0.15, 0.2) is 243 Å². The van der Waals surface area contributed by atoms with Crippen molar-refractivity contribution < 1.29 is 0 Å². The summed E-state index contributed by atoms with van der Waals surface area (Å²) < 4.78 is 4.90. The Morgan fingerprint density at radius 3 is 1.44 bits per heavy atom. The minimum absolute atomic E-state index is 0.613. The van der Waals surface area contributed by atoms with Crippen LogP contribution < -0.4 is 0 Å². The second kappa shape index (κ2) is 16.6. The predicted molar refractivity (Wildman–Crippen MR) is 285 cm³/mol. The van der Waals surface area contributed by atoms with Gasteiger partial charge in [0.15, 0.2) is 17.5 Å². The average Bonchev–Trinajstić information content (AvgIpc) is 3.98. The number of benzene rings is 10. The molecule has 3 heterocycles. The molecule has 0 bridgehead atoms. The van der Waals surface area contributed by atoms with Crippen LogP contribution >= 0.6 is 11.3 Å². The Hall–Kier alpha value is -8.77. The molecule has 0 spiro atoms. The van der Waals surface area contributed by atoms with Gasteiger partial charge in [-0.3, -0.25) is 0 Å². The van der Waals surface area contributed by atoms with Crippen LogP contribution in [0.1, 0.15) is 0 Å². The molecule has 0 saturated heterocycles. The maximum Gasteiger partial charge on any atom is 0.164 e. The first-order valence-corrected chi connectivity index (χ1v) is 23.7. The first-order chi connectivity index (χ1) is 33.7. The number of para-hydroxylation sites is 2. The van der Waals surface area contributed by atoms with Crippen molar-refractivity contribution in [2.24, 2.45) is 0 Å². The number of hydrogen-bond donors (Lipinski definition) is 0. The Morgan fingerprint density at radius 2 is 0.824 bits per heavy atom. The number of fused-ring (bicyclic) bond motifs is 7. The summed E-state index contributed by atoms with van der Waals surface area (Å²) in [5.74, 6) is 1.86. The third-order valence-corrected chi connectivity index (χ3v) is 14.2. The zero-order chi connectivity index (χ0) is 45.0. The van der Waals surface area contributed by atoms with Crippen LogP contribution in [0.4, 0.5) is 0 Å². The van der Waals surface area contributed by atoms with E-state index in [-0.39, 0.29) is 0 Å². The second-order valence-electron chi connectivity index (χ2n) is 17.1. The highest BCUT2D eigenvalue weighted by Gasteiger charge is 2.23. The number of aromatic nitrogens is 4. The number of hydrogen-bond acceptors (Lipinski definition) is 4. The number of nitrogens with zero attached hydrogens (tertiary/aromatic N) is 4. The van der Waals surface area contributed by atoms with Crippen LogP contribution in [0.25, 0.3) is 126 Å². The van der Waals surface area contributed by atoms with Crippen LogP contribution in [-0.2, 0) is 0 Å². The van der Waals surface area contributed by atoms with E-state index in [1.54, 1.807) is 0 Å². The summed E-state index contributed by atoms with van der Waals surface area (Å²) in [7, 11) is 0. The van der Waals surface area contributed by atoms with E-state index in [9.17, 15) is 0 Å². The molecule has 0 N–H and O–H groups in total. The number of thiophene rings is 1. The molecule has 0 radical (unpaired) electrons. The van der Waals surface area contributed by atoms with Gasteiger partial charge in [-0.15, -0.1) is 11.3 Å². The third-order valence-electron chi connectivity index (χ3n) is 13.0. The molecule has 318 valence electrons. The molecule has 0 fully saturated rings. The molecule has 5 heteroatoms. The first kappa shape index (κ1) is 39.6. The van der Waals surface area contributed by atoms with Gasteiger partial charge in [0.1, 0.15) is 0 Å². The lowest BCUT2D eigenvalue weighted by Crippen LogP contribution is -2.01. The molecule has 0 aliphatic carbocycles. The first-order valence-electron chi connectivity index (χ1n) is 22.9. The molecule has 0 saturated carbocycles. The van der Waals surface area contributed by atoms with E-state index >= 15 is 0 Å². The molecule has 0 atom stereocenters. The molecule has 0 aliphatic heterocycles. The zero-order valence-corrected chi connectivity index (χ0v) is 37.6. The Bertz CT molecular complexity index is 3880. The Kier molecular flexibility index (Phi) is 9.66. The quantitative estimate of drug-likeness (QED) is 0.153. The van der Waals surface area contributed by atoms with Gasteiger partial charge in [-0.05, 0) is 87.5 Å². The highest BCUT2D eigenvalue weighted by Crippen LogP contribution is 2.48. The van der Waals surface area contributed by atoms with Gasteiger partial charge in [0.05, 0.1) is 11.0 Å². The third kappa shape index (κ3) is 6.88. The van der Waals surface area contributed by atoms with E-state index in [0.29, 0.717) is 17.5 Å². The van der Waals surface area contributed by atoms with Gasteiger partial charge in [-0.25, -0.2) is 15.0 Å². The van der Waals surface area contributed by atoms with Crippen molar-refractivity contribution in [1.82, 2.24) is 19.5 Å². The van der Waals surface area contributed by atoms with Crippen molar-refractivity contribution >= 4 is 53.3 Å². The number of rotatable bonds is 8. The molecular weight excluding hydrogens is 845 g/mol. The predicted octanol–water partition coefficient (Wildman–Crippen LogP) is 17.0. The SMILES string of the molecule is c1ccc(-c2cc(-c3ccccc3)cc(-c3ccc(-c4cccc5c4sc4ccc6c7ccccc7n(-c7ccccc7)c6c45)c(-c4nc(-c5ccccc5)nc(-c5ccccc5)n4)c3)c2)cc1. The molecule has 0 unspecified atom stereocenters. The molecule has 10 aromatic carbocycles. The normalized spacial score (nSPS) is 11.5. The van der Waals surface area contributed by atoms with Gasteiger partial charge in [0, 0.05) is 58.9 Å². The zero-order valence-electron chi connectivity index (χ0n) is 36.8. The van der Waals surface area contributed by atoms with Crippen molar-refractivity contribution in [3.05, 3.63) is 243 Å². The molecular formula is C63H40N4S. The maximum absolute atomic E-state index is 5.36. The van der Waals surface area contributed by atoms with Crippen LogP contribution in [-0.4, -0.2) is 19.5 Å². The molecule has 0 amide bonds. The van der Waals surface area contributed by atoms with E-state index in [1.165, 1.54) is 42.0 Å². The van der Waals surface area contributed by atoms with Gasteiger partial charge in [0.2, 0.25) is 0 Å². The summed E-state index contributed by atoms with van der Waals surface area (Å²) in [5.41, 5.74) is 15.3. The van der Waals surface area contributed by atoms with E-state index in [2.05, 4.69) is 211 Å². The van der Waals surface area contributed by atoms with E-state index in [4.69, 9.17) is 15.0 Å². The largest absolute Gasteiger partial charge is 0.309 e. The summed E-state index contributed by atoms with van der Waals surface area (Å²) in [6, 6.07) is 86.4. The minimum atomic E-state index is 0.613. The Labute approximate surface area is 397 Å². The van der Waals surface area contributed by atoms with E-state index in [0.717, 1.165) is 66.9 Å². The lowest BCUT2D eigenvalue weighted by molar-refractivity contribution is 1.07. The fourth-order valence-corrected chi connectivity index (χ4v) is 11.1. The summed E-state index contributed by atoms with van der Waals surface area (Å²) in [5, 5.41) is 4.96. The second-order valence-corrected chi connectivity index (χ2v) is 18.2. The molecule has 3 aromatic heterocycles. The lowest BCUT2D eigenvalue weighted by atomic mass is 9.90. The Balaban J connectivity index is 1.09. The van der Waals surface area contributed by atoms with Crippen molar-refractivity contribution in [2.75, 3.05) is 0 Å². The van der Waals surface area contributed by atoms with Gasteiger partial charge in [-0.2, -0.15) is 0 Å². The van der Waals surface area contributed by atoms with Crippen LogP contribution in [0.2, 0.25) is 0 Å². The highest BCUT2D eigenvalue weighted by molar-refractivity contribution is 7.26. The summed E-state index contributed by atoms with van der Waals surface area (Å²) in [4.78, 5) is 15.8. The fraction of sp³-hybridized carbons (Fsp3) is 0. The maximum atomic E-state index is 5.36. The molecule has 68 heavy (non-hydrogen) atoms. The monoisotopic (exact) mass is 884 g/mol. The molecule has 13 rings (SSSR count). The van der Waals surface area contributed by atoms with E-state index in [1.807, 2.05) is 47.7 Å². The van der Waals surface area contributed by atoms with Crippen LogP contribution in [0, 0.1) is 0 Å².